The quantitative estimate of drug-likeness (QED) is 0.180. The number of hydrogen-bond acceptors (Lipinski definition) is 6. The molecule has 12 heteroatoms. The molecule has 3 atom stereocenters. The maximum atomic E-state index is 14.2. The number of benzene rings is 2. The van der Waals surface area contributed by atoms with Gasteiger partial charge in [0.2, 0.25) is 6.41 Å². The van der Waals surface area contributed by atoms with Gasteiger partial charge in [0.1, 0.15) is 18.2 Å². The Bertz CT molecular complexity index is 1570. The number of amides is 2. The standard InChI is InChI=1S/C18H17ClFNO3.C16H22N4O.CH3F/c1-10-5-13(19)6-11(2)18(10)12-3-4-15(20)14(7-12)16(21-9-22)8-17(23)24;1-11-5-18-10-19(6-11)9-14(17-4)15(21)20-7-12-13(8-20)16(12,2)3;1-2/h3-7,9,16H,8H2,1-2H3,(H,21,22)(H,23,24);5-6,9,12-13H,4,7-8,10H2,1-3H3;1H3/b;14-9-;. The van der Waals surface area contributed by atoms with Gasteiger partial charge in [-0.3, -0.25) is 28.8 Å². The van der Waals surface area contributed by atoms with Crippen LogP contribution in [-0.2, 0) is 14.4 Å². The molecule has 0 aromatic heterocycles. The van der Waals surface area contributed by atoms with E-state index in [1.807, 2.05) is 55.1 Å². The van der Waals surface area contributed by atoms with Crippen molar-refractivity contribution in [3.8, 4) is 11.1 Å². The van der Waals surface area contributed by atoms with Crippen LogP contribution in [0.4, 0.5) is 8.78 Å². The Morgan fingerprint density at radius 2 is 1.79 bits per heavy atom. The molecule has 2 aliphatic heterocycles. The summed E-state index contributed by atoms with van der Waals surface area (Å²) in [5, 5.41) is 12.0. The van der Waals surface area contributed by atoms with Crippen molar-refractivity contribution in [2.45, 2.75) is 47.1 Å². The highest BCUT2D eigenvalue weighted by Gasteiger charge is 2.62. The zero-order valence-electron chi connectivity index (χ0n) is 27.6. The van der Waals surface area contributed by atoms with E-state index in [4.69, 9.17) is 16.7 Å². The Morgan fingerprint density at radius 1 is 1.17 bits per heavy atom. The molecule has 2 amide bonds. The van der Waals surface area contributed by atoms with Crippen molar-refractivity contribution in [2.24, 2.45) is 27.2 Å². The fraction of sp³-hybridized carbons (Fsp3) is 0.400. The van der Waals surface area contributed by atoms with Crippen LogP contribution in [0.1, 0.15) is 49.9 Å². The number of allylic oxidation sites excluding steroid dienone is 1. The van der Waals surface area contributed by atoms with Gasteiger partial charge in [0, 0.05) is 42.3 Å². The number of likely N-dealkylation sites (tertiary alicyclic amines) is 1. The van der Waals surface area contributed by atoms with Crippen molar-refractivity contribution in [1.82, 2.24) is 15.1 Å². The maximum Gasteiger partial charge on any atom is 0.305 e. The molecule has 2 N–H and O–H groups in total. The van der Waals surface area contributed by atoms with E-state index < -0.39 is 24.2 Å². The predicted molar refractivity (Wildman–Crippen MR) is 181 cm³/mol. The van der Waals surface area contributed by atoms with E-state index in [0.717, 1.165) is 40.9 Å². The minimum Gasteiger partial charge on any atom is -0.481 e. The first-order valence-electron chi connectivity index (χ1n) is 15.0. The lowest BCUT2D eigenvalue weighted by Gasteiger charge is -2.23. The van der Waals surface area contributed by atoms with Gasteiger partial charge in [-0.1, -0.05) is 31.5 Å². The summed E-state index contributed by atoms with van der Waals surface area (Å²) in [6.07, 6.45) is 5.49. The van der Waals surface area contributed by atoms with Crippen LogP contribution in [0.25, 0.3) is 11.1 Å². The summed E-state index contributed by atoms with van der Waals surface area (Å²) in [6, 6.07) is 7.16. The summed E-state index contributed by atoms with van der Waals surface area (Å²) in [6.45, 7) is 16.1. The highest BCUT2D eigenvalue weighted by atomic mass is 35.5. The topological polar surface area (TPSA) is 115 Å². The highest BCUT2D eigenvalue weighted by molar-refractivity contribution is 6.30. The molecule has 2 aromatic carbocycles. The minimum absolute atomic E-state index is 0.0198. The Morgan fingerprint density at radius 3 is 2.32 bits per heavy atom. The summed E-state index contributed by atoms with van der Waals surface area (Å²) in [5.41, 5.74) is 5.49. The number of halogens is 3. The van der Waals surface area contributed by atoms with Crippen LogP contribution in [0.2, 0.25) is 5.02 Å². The largest absolute Gasteiger partial charge is 0.481 e. The van der Waals surface area contributed by atoms with Crippen LogP contribution in [0, 0.1) is 36.9 Å². The van der Waals surface area contributed by atoms with Crippen LogP contribution in [0.3, 0.4) is 0 Å². The monoisotopic (exact) mass is 669 g/mol. The van der Waals surface area contributed by atoms with Gasteiger partial charge in [-0.15, -0.1) is 0 Å². The molecule has 1 saturated heterocycles. The van der Waals surface area contributed by atoms with Crippen molar-refractivity contribution in [2.75, 3.05) is 26.9 Å². The number of nitrogens with zero attached hydrogens (tertiary/aromatic N) is 4. The number of aryl methyl sites for hydroxylation is 2. The van der Waals surface area contributed by atoms with Crippen molar-refractivity contribution >= 4 is 42.8 Å². The Balaban J connectivity index is 0.000000244. The molecule has 9 nitrogen and oxygen atoms in total. The molecule has 1 saturated carbocycles. The molecular weight excluding hydrogens is 628 g/mol. The van der Waals surface area contributed by atoms with Gasteiger partial charge in [-0.25, -0.2) is 4.39 Å². The molecule has 0 radical (unpaired) electrons. The van der Waals surface area contributed by atoms with E-state index >= 15 is 0 Å². The van der Waals surface area contributed by atoms with E-state index in [1.54, 1.807) is 18.3 Å². The summed E-state index contributed by atoms with van der Waals surface area (Å²) in [5.74, 6) is -0.418. The van der Waals surface area contributed by atoms with E-state index in [2.05, 4.69) is 35.9 Å². The summed E-state index contributed by atoms with van der Waals surface area (Å²) >= 11 is 6.04. The number of piperidine rings is 1. The fourth-order valence-corrected chi connectivity index (χ4v) is 6.65. The predicted octanol–water partition coefficient (Wildman–Crippen LogP) is 6.50. The van der Waals surface area contributed by atoms with E-state index in [9.17, 15) is 23.2 Å². The molecule has 5 rings (SSSR count). The number of hydrogen-bond donors (Lipinski definition) is 2. The maximum absolute atomic E-state index is 14.2. The third kappa shape index (κ3) is 8.91. The second-order valence-electron chi connectivity index (χ2n) is 12.3. The van der Waals surface area contributed by atoms with Crippen LogP contribution in [0.15, 0.2) is 64.0 Å². The van der Waals surface area contributed by atoms with Gasteiger partial charge in [0.15, 0.2) is 0 Å². The summed E-state index contributed by atoms with van der Waals surface area (Å²) in [7, 11) is 0.500. The molecule has 47 heavy (non-hydrogen) atoms. The number of carboxylic acids is 1. The Labute approximate surface area is 279 Å². The first-order valence-corrected chi connectivity index (χ1v) is 15.4. The highest BCUT2D eigenvalue weighted by Crippen LogP contribution is 2.62. The average Bonchev–Trinajstić information content (AvgIpc) is 3.31. The third-order valence-corrected chi connectivity index (χ3v) is 9.02. The Kier molecular flexibility index (Phi) is 12.6. The van der Waals surface area contributed by atoms with Gasteiger partial charge < -0.3 is 20.2 Å². The zero-order valence-corrected chi connectivity index (χ0v) is 28.3. The van der Waals surface area contributed by atoms with E-state index in [0.29, 0.717) is 48.2 Å². The molecule has 1 aliphatic carbocycles. The molecule has 2 aromatic rings. The number of carbonyl (C=O) groups excluding carboxylic acids is 2. The van der Waals surface area contributed by atoms with Crippen molar-refractivity contribution in [3.05, 3.63) is 81.5 Å². The van der Waals surface area contributed by atoms with Gasteiger partial charge >= 0.3 is 5.97 Å². The van der Waals surface area contributed by atoms with Crippen molar-refractivity contribution in [1.29, 1.82) is 0 Å². The lowest BCUT2D eigenvalue weighted by molar-refractivity contribution is -0.137. The molecule has 3 aliphatic rings. The van der Waals surface area contributed by atoms with Gasteiger partial charge in [-0.2, -0.15) is 0 Å². The van der Waals surface area contributed by atoms with Crippen molar-refractivity contribution < 1.29 is 28.3 Å². The molecule has 2 fully saturated rings. The number of carboxylic acid groups (broad SMARTS) is 1. The first kappa shape index (κ1) is 37.1. The van der Waals surface area contributed by atoms with Crippen LogP contribution < -0.4 is 5.32 Å². The zero-order chi connectivity index (χ0) is 35.1. The number of aliphatic carboxylic acids is 1. The summed E-state index contributed by atoms with van der Waals surface area (Å²) < 4.78 is 23.7. The second kappa shape index (κ2) is 15.9. The average molecular weight is 670 g/mol. The molecule has 2 heterocycles. The number of aliphatic imine (C=N–C) groups is 2. The first-order chi connectivity index (χ1) is 22.3. The molecule has 3 unspecified atom stereocenters. The van der Waals surface area contributed by atoms with Gasteiger partial charge in [0.25, 0.3) is 5.91 Å². The lowest BCUT2D eigenvalue weighted by atomic mass is 9.92. The normalized spacial score (nSPS) is 19.6. The van der Waals surface area contributed by atoms with Crippen LogP contribution in [0.5, 0.6) is 0 Å². The lowest BCUT2D eigenvalue weighted by Crippen LogP contribution is -2.34. The number of rotatable bonds is 9. The van der Waals surface area contributed by atoms with Gasteiger partial charge in [0.05, 0.1) is 19.6 Å². The minimum atomic E-state index is -1.13. The fourth-order valence-electron chi connectivity index (χ4n) is 6.32. The molecule has 0 bridgehead atoms. The second-order valence-corrected chi connectivity index (χ2v) is 12.8. The van der Waals surface area contributed by atoms with Gasteiger partial charge in [-0.05, 0) is 96.8 Å². The van der Waals surface area contributed by atoms with Crippen LogP contribution in [-0.4, -0.2) is 73.1 Å². The molecular formula is C35H42ClF2N5O4. The molecule has 252 valence electrons. The van der Waals surface area contributed by atoms with E-state index in [-0.39, 0.29) is 11.5 Å². The SMILES string of the molecule is C=N/C(=C\N1C=C(C)C=NC1)C(=O)N1CC2C(C1)C2(C)C.CF.Cc1cc(Cl)cc(C)c1-c1ccc(F)c(C(CC(=O)O)NC=O)c1. The van der Waals surface area contributed by atoms with Crippen LogP contribution >= 0.6 is 11.6 Å². The smallest absolute Gasteiger partial charge is 0.305 e. The van der Waals surface area contributed by atoms with Crippen molar-refractivity contribution in [3.63, 3.8) is 0 Å². The molecule has 0 spiro atoms. The number of alkyl halides is 1. The van der Waals surface area contributed by atoms with E-state index in [1.165, 1.54) is 6.07 Å². The number of nitrogens with one attached hydrogen (secondary N) is 1. The third-order valence-electron chi connectivity index (χ3n) is 8.80. The Hall–Kier alpha value is -4.38. The summed E-state index contributed by atoms with van der Waals surface area (Å²) in [4.78, 5) is 46.2. The number of carbonyl (C=O) groups is 3. The number of fused-ring (bicyclic) bond motifs is 1.